The van der Waals surface area contributed by atoms with Crippen molar-refractivity contribution < 1.29 is 23.0 Å². The van der Waals surface area contributed by atoms with Crippen molar-refractivity contribution in [2.24, 2.45) is 0 Å². The SMILES string of the molecule is N#Cc1c(NC2(C(F)(F)F)[NH+]=C(c3ccccc3)NC2=O)sc2c1CCCC2. The first kappa shape index (κ1) is 18.5. The van der Waals surface area contributed by atoms with Gasteiger partial charge in [0.2, 0.25) is 0 Å². The molecule has 1 aliphatic carbocycles. The summed E-state index contributed by atoms with van der Waals surface area (Å²) < 4.78 is 42.2. The third-order valence-corrected chi connectivity index (χ3v) is 6.17. The highest BCUT2D eigenvalue weighted by atomic mass is 32.1. The fraction of sp³-hybridized carbons (Fsp3) is 0.316. The molecule has 4 rings (SSSR count). The highest BCUT2D eigenvalue weighted by Crippen LogP contribution is 2.40. The number of benzene rings is 1. The summed E-state index contributed by atoms with van der Waals surface area (Å²) >= 11 is 1.12. The lowest BCUT2D eigenvalue weighted by Crippen LogP contribution is -2.94. The molecule has 2 heterocycles. The van der Waals surface area contributed by atoms with E-state index in [0.29, 0.717) is 12.0 Å². The Bertz CT molecular complexity index is 1010. The third kappa shape index (κ3) is 2.85. The number of hydrogen-bond donors (Lipinski definition) is 3. The molecule has 0 saturated carbocycles. The Hall–Kier alpha value is -2.86. The second-order valence-corrected chi connectivity index (χ2v) is 7.82. The summed E-state index contributed by atoms with van der Waals surface area (Å²) in [7, 11) is 0. The second kappa shape index (κ2) is 6.63. The number of rotatable bonds is 3. The van der Waals surface area contributed by atoms with E-state index >= 15 is 0 Å². The number of fused-ring (bicyclic) bond motifs is 1. The molecule has 1 aromatic heterocycles. The summed E-state index contributed by atoms with van der Waals surface area (Å²) in [4.78, 5) is 15.7. The maximum absolute atomic E-state index is 14.1. The molecule has 28 heavy (non-hydrogen) atoms. The van der Waals surface area contributed by atoms with Gasteiger partial charge in [0.15, 0.2) is 0 Å². The van der Waals surface area contributed by atoms with Crippen LogP contribution in [0.2, 0.25) is 0 Å². The summed E-state index contributed by atoms with van der Waals surface area (Å²) in [5, 5.41) is 14.2. The van der Waals surface area contributed by atoms with Crippen LogP contribution in [0.15, 0.2) is 30.3 Å². The number of amides is 1. The predicted octanol–water partition coefficient (Wildman–Crippen LogP) is 1.83. The normalized spacial score (nSPS) is 21.5. The Morgan fingerprint density at radius 3 is 2.61 bits per heavy atom. The lowest BCUT2D eigenvalue weighted by molar-refractivity contribution is -0.566. The monoisotopic (exact) mass is 405 g/mol. The molecule has 2 aliphatic rings. The Labute approximate surface area is 162 Å². The minimum Gasteiger partial charge on any atom is -0.318 e. The van der Waals surface area contributed by atoms with E-state index in [1.807, 2.05) is 6.07 Å². The lowest BCUT2D eigenvalue weighted by atomic mass is 9.96. The molecule has 9 heteroatoms. The number of halogens is 3. The molecule has 0 radical (unpaired) electrons. The number of thiophene rings is 1. The molecule has 0 fully saturated rings. The van der Waals surface area contributed by atoms with Crippen LogP contribution in [0, 0.1) is 11.3 Å². The number of anilines is 1. The molecule has 0 spiro atoms. The Morgan fingerprint density at radius 1 is 1.21 bits per heavy atom. The molecule has 1 aromatic carbocycles. The van der Waals surface area contributed by atoms with Gasteiger partial charge in [-0.1, -0.05) is 18.2 Å². The average molecular weight is 405 g/mol. The molecule has 144 valence electrons. The van der Waals surface area contributed by atoms with Crippen LogP contribution in [-0.2, 0) is 17.6 Å². The van der Waals surface area contributed by atoms with Gasteiger partial charge in [0.05, 0.1) is 11.1 Å². The molecule has 1 unspecified atom stereocenters. The number of carbonyl (C=O) groups is 1. The Balaban J connectivity index is 1.81. The highest BCUT2D eigenvalue weighted by Gasteiger charge is 2.69. The zero-order valence-electron chi connectivity index (χ0n) is 14.6. The standard InChI is InChI=1S/C19H15F3N4OS/c20-19(21,22)18(17(27)24-15(25-18)11-6-2-1-3-7-11)26-16-13(10-23)12-8-4-5-9-14(12)28-16/h1-3,6-7,26H,4-5,8-9H2,(H,24,25,27)/p+1. The fourth-order valence-corrected chi connectivity index (χ4v) is 4.83. The summed E-state index contributed by atoms with van der Waals surface area (Å²) in [6, 6.07) is 10.3. The molecule has 2 aromatic rings. The van der Waals surface area contributed by atoms with Crippen LogP contribution in [-0.4, -0.2) is 23.6 Å². The summed E-state index contributed by atoms with van der Waals surface area (Å²) in [5.41, 5.74) is -1.62. The molecule has 3 N–H and O–H groups in total. The first-order valence-corrected chi connectivity index (χ1v) is 9.59. The van der Waals surface area contributed by atoms with Gasteiger partial charge in [-0.2, -0.15) is 18.4 Å². The van der Waals surface area contributed by atoms with E-state index in [4.69, 9.17) is 0 Å². The van der Waals surface area contributed by atoms with Crippen LogP contribution in [0.25, 0.3) is 0 Å². The molecule has 1 aliphatic heterocycles. The molecule has 1 atom stereocenters. The van der Waals surface area contributed by atoms with Gasteiger partial charge in [-0.15, -0.1) is 11.3 Å². The molecular weight excluding hydrogens is 389 g/mol. The van der Waals surface area contributed by atoms with Crippen LogP contribution in [0.3, 0.4) is 0 Å². The van der Waals surface area contributed by atoms with Gasteiger partial charge >= 0.3 is 17.7 Å². The number of nitrogens with zero attached hydrogens (tertiary/aromatic N) is 1. The number of alkyl halides is 3. The maximum Gasteiger partial charge on any atom is 0.465 e. The zero-order valence-corrected chi connectivity index (χ0v) is 15.4. The number of aryl methyl sites for hydroxylation is 1. The molecule has 0 bridgehead atoms. The van der Waals surface area contributed by atoms with Gasteiger partial charge in [0.25, 0.3) is 5.84 Å². The Morgan fingerprint density at radius 2 is 1.93 bits per heavy atom. The van der Waals surface area contributed by atoms with E-state index in [1.165, 1.54) is 0 Å². The van der Waals surface area contributed by atoms with E-state index in [0.717, 1.165) is 41.0 Å². The lowest BCUT2D eigenvalue weighted by Gasteiger charge is -2.24. The second-order valence-electron chi connectivity index (χ2n) is 6.72. The van der Waals surface area contributed by atoms with Gasteiger partial charge in [0.1, 0.15) is 11.1 Å². The van der Waals surface area contributed by atoms with Crippen LogP contribution < -0.4 is 15.6 Å². The van der Waals surface area contributed by atoms with Gasteiger partial charge in [-0.3, -0.25) is 0 Å². The van der Waals surface area contributed by atoms with Crippen molar-refractivity contribution in [1.29, 1.82) is 5.26 Å². The largest absolute Gasteiger partial charge is 0.465 e. The predicted molar refractivity (Wildman–Crippen MR) is 97.7 cm³/mol. The number of amidine groups is 1. The van der Waals surface area contributed by atoms with Crippen molar-refractivity contribution >= 4 is 28.1 Å². The third-order valence-electron chi connectivity index (χ3n) is 4.96. The van der Waals surface area contributed by atoms with E-state index in [-0.39, 0.29) is 16.4 Å². The summed E-state index contributed by atoms with van der Waals surface area (Å²) in [6.07, 6.45) is -1.71. The van der Waals surface area contributed by atoms with Crippen molar-refractivity contribution in [2.45, 2.75) is 37.5 Å². The summed E-state index contributed by atoms with van der Waals surface area (Å²) in [6.45, 7) is 0. The molecule has 5 nitrogen and oxygen atoms in total. The smallest absolute Gasteiger partial charge is 0.318 e. The number of carbonyl (C=O) groups excluding carboxylic acids is 1. The van der Waals surface area contributed by atoms with Crippen molar-refractivity contribution in [1.82, 2.24) is 5.32 Å². The van der Waals surface area contributed by atoms with Gasteiger partial charge in [-0.25, -0.2) is 15.1 Å². The highest BCUT2D eigenvalue weighted by molar-refractivity contribution is 7.16. The van der Waals surface area contributed by atoms with Crippen LogP contribution >= 0.6 is 11.3 Å². The van der Waals surface area contributed by atoms with Crippen molar-refractivity contribution in [3.05, 3.63) is 51.9 Å². The fourth-order valence-electron chi connectivity index (χ4n) is 3.53. The zero-order chi connectivity index (χ0) is 19.9. The quantitative estimate of drug-likeness (QED) is 0.729. The van der Waals surface area contributed by atoms with E-state index in [9.17, 15) is 23.2 Å². The minimum atomic E-state index is -4.94. The summed E-state index contributed by atoms with van der Waals surface area (Å²) in [5.74, 6) is -1.29. The first-order chi connectivity index (χ1) is 13.4. The van der Waals surface area contributed by atoms with Crippen LogP contribution in [0.4, 0.5) is 18.2 Å². The topological polar surface area (TPSA) is 78.9 Å². The number of nitriles is 1. The van der Waals surface area contributed by atoms with Crippen molar-refractivity contribution in [3.8, 4) is 6.07 Å². The van der Waals surface area contributed by atoms with Crippen LogP contribution in [0.5, 0.6) is 0 Å². The maximum atomic E-state index is 14.1. The van der Waals surface area contributed by atoms with Crippen molar-refractivity contribution in [2.75, 3.05) is 5.32 Å². The van der Waals surface area contributed by atoms with E-state index < -0.39 is 17.7 Å². The van der Waals surface area contributed by atoms with Gasteiger partial charge < -0.3 is 5.32 Å². The molecule has 1 amide bonds. The minimum absolute atomic E-state index is 0.0322. The van der Waals surface area contributed by atoms with Gasteiger partial charge in [-0.05, 0) is 43.4 Å². The number of nitrogens with one attached hydrogen (secondary N) is 3. The van der Waals surface area contributed by atoms with Crippen LogP contribution in [0.1, 0.15) is 34.4 Å². The Kier molecular flexibility index (Phi) is 4.38. The van der Waals surface area contributed by atoms with Crippen molar-refractivity contribution in [3.63, 3.8) is 0 Å². The average Bonchev–Trinajstić information content (AvgIpc) is 3.20. The van der Waals surface area contributed by atoms with E-state index in [1.54, 1.807) is 30.3 Å². The van der Waals surface area contributed by atoms with Gasteiger partial charge in [0, 0.05) is 4.88 Å². The molecular formula is C19H16F3N4OS+. The first-order valence-electron chi connectivity index (χ1n) is 8.77. The van der Waals surface area contributed by atoms with E-state index in [2.05, 4.69) is 15.6 Å². The molecule has 0 saturated heterocycles. The number of hydrogen-bond acceptors (Lipinski definition) is 4.